The molecule has 16 nitrogen and oxygen atoms in total. The van der Waals surface area contributed by atoms with Crippen LogP contribution in [0.4, 0.5) is 0 Å². The smallest absolute Gasteiger partial charge is 0.126 e. The Morgan fingerprint density at radius 2 is 0.390 bits per heavy atom. The molecule has 8 fully saturated rings. The van der Waals surface area contributed by atoms with Gasteiger partial charge in [0.15, 0.2) is 0 Å². The van der Waals surface area contributed by atoms with Gasteiger partial charge in [-0.3, -0.25) is 0 Å². The minimum absolute atomic E-state index is 0.0287. The zero-order valence-electron chi connectivity index (χ0n) is 73.1. The van der Waals surface area contributed by atoms with Crippen molar-refractivity contribution < 1.29 is 75.8 Å². The highest BCUT2D eigenvalue weighted by molar-refractivity contribution is 5.57. The average Bonchev–Trinajstić information content (AvgIpc) is 0.729. The second-order valence-corrected chi connectivity index (χ2v) is 41.0. The lowest BCUT2D eigenvalue weighted by Crippen LogP contribution is -2.44. The molecule has 0 aliphatic carbocycles. The predicted octanol–water partition coefficient (Wildman–Crippen LogP) is 19.2. The van der Waals surface area contributed by atoms with Gasteiger partial charge >= 0.3 is 0 Å². The molecule has 0 amide bonds. The van der Waals surface area contributed by atoms with Crippen molar-refractivity contribution in [1.82, 2.24) is 0 Å². The third-order valence-corrected chi connectivity index (χ3v) is 26.0. The molecular formula is C102H128O16. The maximum Gasteiger partial charge on any atom is 0.126 e. The van der Waals surface area contributed by atoms with Gasteiger partial charge in [0.1, 0.15) is 46.0 Å². The van der Waals surface area contributed by atoms with Gasteiger partial charge in [-0.05, 0) is 140 Å². The van der Waals surface area contributed by atoms with Crippen LogP contribution in [0.2, 0.25) is 0 Å². The van der Waals surface area contributed by atoms with E-state index in [0.29, 0.717) is 119 Å². The van der Waals surface area contributed by atoms with Crippen molar-refractivity contribution in [3.05, 3.63) is 237 Å². The molecule has 16 rings (SSSR count). The Labute approximate surface area is 701 Å². The van der Waals surface area contributed by atoms with Crippen molar-refractivity contribution in [2.45, 2.75) is 145 Å². The first-order chi connectivity index (χ1) is 56.1. The topological polar surface area (TPSA) is 148 Å². The number of hydrogen-bond acceptors (Lipinski definition) is 16. The molecule has 16 heteroatoms. The third kappa shape index (κ3) is 19.4. The minimum atomic E-state index is -0.468. The molecule has 0 unspecified atom stereocenters. The predicted molar refractivity (Wildman–Crippen MR) is 461 cm³/mol. The minimum Gasteiger partial charge on any atom is -0.493 e. The summed E-state index contributed by atoms with van der Waals surface area (Å²) >= 11 is 0. The molecule has 0 aromatic heterocycles. The standard InChI is InChI=1S/C77H96O12.C25H32O4/c1-69(2,57-13-21-63(22-14-57)84-47-72(7)35-78-36-72)60-19-27-66(87-50-75(10)41-81-42-75)53(31-60)29-55-33-62(71(5,6)59-17-25-65(26-18-59)86-49-74(9)39-80-40-74)34-56(68(55)89-52-77(12)45-83-46-77)30-54-32-61(20-28-67(54)88-51-76(11)43-82-44-76)70(3,4)58-15-23-64(24-16-58)85-48-73(8)37-79-38-73;1-23(2,19-5-9-21(10-6-19)28-17-24(3)13-26-14-24)20-7-11-22(12-8-20)29-18-25(4)15-27-16-25/h13-28,31-34H,29-30,35-52H2,1-12H3;5-12H,13-18H2,1-4H3. The van der Waals surface area contributed by atoms with E-state index in [2.05, 4.69) is 281 Å². The first kappa shape index (κ1) is 84.8. The van der Waals surface area contributed by atoms with Gasteiger partial charge in [-0.2, -0.15) is 0 Å². The Morgan fingerprint density at radius 3 is 0.602 bits per heavy atom. The van der Waals surface area contributed by atoms with Crippen LogP contribution in [0.3, 0.4) is 0 Å². The van der Waals surface area contributed by atoms with Gasteiger partial charge < -0.3 is 75.8 Å². The van der Waals surface area contributed by atoms with Crippen LogP contribution in [0, 0.1) is 43.3 Å². The van der Waals surface area contributed by atoms with Crippen LogP contribution < -0.4 is 37.9 Å². The largest absolute Gasteiger partial charge is 0.493 e. The molecule has 0 spiro atoms. The van der Waals surface area contributed by atoms with Crippen LogP contribution >= 0.6 is 0 Å². The normalized spacial score (nSPS) is 19.9. The second-order valence-electron chi connectivity index (χ2n) is 41.0. The van der Waals surface area contributed by atoms with Gasteiger partial charge in [-0.1, -0.05) is 208 Å². The molecule has 0 saturated carbocycles. The summed E-state index contributed by atoms with van der Waals surface area (Å²) in [6, 6.07) is 61.3. The summed E-state index contributed by atoms with van der Waals surface area (Å²) in [6.07, 6.45) is 1.08. The molecule has 0 radical (unpaired) electrons. The van der Waals surface area contributed by atoms with Crippen LogP contribution in [0.15, 0.2) is 170 Å². The van der Waals surface area contributed by atoms with Crippen molar-refractivity contribution in [3.8, 4) is 46.0 Å². The number of hydrogen-bond donors (Lipinski definition) is 0. The van der Waals surface area contributed by atoms with Gasteiger partial charge in [-0.15, -0.1) is 0 Å². The molecule has 118 heavy (non-hydrogen) atoms. The summed E-state index contributed by atoms with van der Waals surface area (Å²) in [4.78, 5) is 0. The monoisotopic (exact) mass is 1610 g/mol. The van der Waals surface area contributed by atoms with Gasteiger partial charge in [-0.25, -0.2) is 0 Å². The maximum absolute atomic E-state index is 7.44. The summed E-state index contributed by atoms with van der Waals surface area (Å²) in [5.41, 5.74) is 12.7. The second kappa shape index (κ2) is 33.7. The van der Waals surface area contributed by atoms with Crippen LogP contribution in [-0.4, -0.2) is 159 Å². The molecule has 8 saturated heterocycles. The van der Waals surface area contributed by atoms with Crippen LogP contribution in [0.1, 0.15) is 178 Å². The van der Waals surface area contributed by atoms with Gasteiger partial charge in [0, 0.05) is 77.8 Å². The Bertz CT molecular complexity index is 4470. The van der Waals surface area contributed by atoms with Crippen molar-refractivity contribution in [1.29, 1.82) is 0 Å². The van der Waals surface area contributed by atoms with Crippen molar-refractivity contribution in [2.75, 3.05) is 159 Å². The zero-order chi connectivity index (χ0) is 83.0. The fourth-order valence-corrected chi connectivity index (χ4v) is 16.3. The molecular weight excluding hydrogens is 1480 g/mol. The van der Waals surface area contributed by atoms with E-state index in [9.17, 15) is 0 Å². The van der Waals surface area contributed by atoms with Crippen molar-refractivity contribution in [3.63, 3.8) is 0 Å². The molecule has 8 aromatic rings. The molecule has 8 aliphatic rings. The third-order valence-electron chi connectivity index (χ3n) is 26.0. The molecule has 0 bridgehead atoms. The van der Waals surface area contributed by atoms with E-state index in [-0.39, 0.29) is 59.6 Å². The molecule has 0 N–H and O–H groups in total. The Hall–Kier alpha value is -8.16. The number of rotatable bonds is 36. The maximum atomic E-state index is 7.44. The van der Waals surface area contributed by atoms with E-state index in [1.807, 2.05) is 0 Å². The number of benzene rings is 8. The van der Waals surface area contributed by atoms with Crippen LogP contribution in [0.5, 0.6) is 46.0 Å². The van der Waals surface area contributed by atoms with E-state index in [1.54, 1.807) is 0 Å². The summed E-state index contributed by atoms with van der Waals surface area (Å²) in [6.45, 7) is 52.4. The van der Waals surface area contributed by atoms with E-state index in [0.717, 1.165) is 121 Å². The molecule has 0 atom stereocenters. The summed E-state index contributed by atoms with van der Waals surface area (Å²) in [5, 5.41) is 0. The Kier molecular flexibility index (Phi) is 24.2. The van der Waals surface area contributed by atoms with Gasteiger partial charge in [0.2, 0.25) is 0 Å². The van der Waals surface area contributed by atoms with Crippen molar-refractivity contribution >= 4 is 0 Å². The van der Waals surface area contributed by atoms with E-state index in [4.69, 9.17) is 75.8 Å². The van der Waals surface area contributed by atoms with Crippen LogP contribution in [-0.2, 0) is 72.4 Å². The molecule has 8 aromatic carbocycles. The quantitative estimate of drug-likeness (QED) is 0.0366. The highest BCUT2D eigenvalue weighted by Crippen LogP contribution is 2.47. The average molecular weight is 1610 g/mol. The SMILES string of the molecule is CC1(COc2ccc(C(C)(C)c3ccc(OCC4(C)COC4)c(Cc4cc(C(C)(C)c5ccc(OCC6(C)COC6)cc5)cc(Cc5cc(C(C)(C)c6ccc(OCC7(C)COC7)cc6)ccc5OCC5(C)COC5)c4OCC4(C)COC4)c3)cc2)COC1.CC1(COc2ccc(C(C)(C)c3ccc(OCC4(C)COC4)cc3)cc2)COC1. The zero-order valence-corrected chi connectivity index (χ0v) is 73.1. The Morgan fingerprint density at radius 1 is 0.212 bits per heavy atom. The lowest BCUT2D eigenvalue weighted by molar-refractivity contribution is -0.120. The van der Waals surface area contributed by atoms with Crippen molar-refractivity contribution in [2.24, 2.45) is 43.3 Å². The summed E-state index contributed by atoms with van der Waals surface area (Å²) in [5.74, 6) is 6.97. The number of ether oxygens (including phenoxy) is 16. The lowest BCUT2D eigenvalue weighted by atomic mass is 9.75. The van der Waals surface area contributed by atoms with E-state index in [1.165, 1.54) is 44.5 Å². The highest BCUT2D eigenvalue weighted by Gasteiger charge is 2.42. The van der Waals surface area contributed by atoms with E-state index >= 15 is 0 Å². The van der Waals surface area contributed by atoms with Gasteiger partial charge in [0.25, 0.3) is 0 Å². The fraction of sp³-hybridized carbons (Fsp3) is 0.529. The molecule has 8 heterocycles. The lowest BCUT2D eigenvalue weighted by Gasteiger charge is -2.38. The van der Waals surface area contributed by atoms with Crippen LogP contribution in [0.25, 0.3) is 0 Å². The van der Waals surface area contributed by atoms with E-state index < -0.39 is 5.41 Å². The molecule has 8 aliphatic heterocycles. The first-order valence-corrected chi connectivity index (χ1v) is 42.7. The van der Waals surface area contributed by atoms with Gasteiger partial charge in [0.05, 0.1) is 159 Å². The first-order valence-electron chi connectivity index (χ1n) is 42.7. The fourth-order valence-electron chi connectivity index (χ4n) is 16.3. The summed E-state index contributed by atoms with van der Waals surface area (Å²) in [7, 11) is 0. The summed E-state index contributed by atoms with van der Waals surface area (Å²) < 4.78 is 96.9. The Balaban J connectivity index is 0.000000314. The molecule has 632 valence electrons. The highest BCUT2D eigenvalue weighted by atomic mass is 16.6.